The number of hydrogen-bond acceptors (Lipinski definition) is 5. The van der Waals surface area contributed by atoms with Crippen LogP contribution in [-0.2, 0) is 20.5 Å². The van der Waals surface area contributed by atoms with Crippen molar-refractivity contribution < 1.29 is 27.5 Å². The normalized spacial score (nSPS) is 33.5. The first-order valence-electron chi connectivity index (χ1n) is 9.28. The van der Waals surface area contributed by atoms with Gasteiger partial charge in [-0.15, -0.1) is 0 Å². The van der Waals surface area contributed by atoms with E-state index in [0.29, 0.717) is 25.5 Å². The molecule has 3 aliphatic heterocycles. The van der Waals surface area contributed by atoms with Gasteiger partial charge in [-0.25, -0.2) is 4.90 Å². The van der Waals surface area contributed by atoms with Gasteiger partial charge in [0, 0.05) is 6.54 Å². The molecule has 154 valence electrons. The Hall–Kier alpha value is -2.44. The number of rotatable bonds is 3. The van der Waals surface area contributed by atoms with Crippen molar-refractivity contribution in [2.75, 3.05) is 25.5 Å². The number of ether oxygens (including phenoxy) is 1. The molecule has 0 aromatic heterocycles. The second-order valence-electron chi connectivity index (χ2n) is 8.52. The van der Waals surface area contributed by atoms with Crippen LogP contribution in [0.5, 0.6) is 0 Å². The molecule has 1 aromatic carbocycles. The van der Waals surface area contributed by atoms with Gasteiger partial charge in [0.25, 0.3) is 0 Å². The summed E-state index contributed by atoms with van der Waals surface area (Å²) in [5, 5.41) is 8.98. The molecule has 1 aromatic rings. The van der Waals surface area contributed by atoms with E-state index in [0.717, 1.165) is 11.0 Å². The van der Waals surface area contributed by atoms with Crippen LogP contribution in [0.2, 0.25) is 0 Å². The highest BCUT2D eigenvalue weighted by Crippen LogP contribution is 2.61. The monoisotopic (exact) mass is 407 g/mol. The number of carbonyl (C=O) groups excluding carboxylic acids is 2. The Bertz CT molecular complexity index is 955. The van der Waals surface area contributed by atoms with Crippen molar-refractivity contribution in [2.45, 2.75) is 37.1 Å². The second-order valence-corrected chi connectivity index (χ2v) is 8.52. The third-order valence-corrected chi connectivity index (χ3v) is 6.28. The van der Waals surface area contributed by atoms with E-state index in [4.69, 9.17) is 10.00 Å². The van der Waals surface area contributed by atoms with E-state index in [9.17, 15) is 22.8 Å². The van der Waals surface area contributed by atoms with Crippen LogP contribution in [0.3, 0.4) is 0 Å². The fourth-order valence-electron chi connectivity index (χ4n) is 5.28. The number of hydrogen-bond donors (Lipinski definition) is 0. The quantitative estimate of drug-likeness (QED) is 0.720. The summed E-state index contributed by atoms with van der Waals surface area (Å²) in [7, 11) is 3.69. The Morgan fingerprint density at radius 2 is 1.90 bits per heavy atom. The third kappa shape index (κ3) is 2.69. The smallest absolute Gasteiger partial charge is 0.366 e. The number of likely N-dealkylation sites (N-methyl/N-ethyl adjacent to an activating group) is 1. The minimum absolute atomic E-state index is 0.163. The molecule has 0 saturated carbocycles. The first-order chi connectivity index (χ1) is 13.4. The summed E-state index contributed by atoms with van der Waals surface area (Å²) in [6.07, 6.45) is -3.56. The molecule has 29 heavy (non-hydrogen) atoms. The zero-order valence-electron chi connectivity index (χ0n) is 16.2. The number of amides is 2. The van der Waals surface area contributed by atoms with Gasteiger partial charge in [0.05, 0.1) is 45.9 Å². The van der Waals surface area contributed by atoms with E-state index in [-0.39, 0.29) is 5.69 Å². The number of nitriles is 1. The van der Waals surface area contributed by atoms with E-state index >= 15 is 0 Å². The summed E-state index contributed by atoms with van der Waals surface area (Å²) < 4.78 is 46.3. The summed E-state index contributed by atoms with van der Waals surface area (Å²) in [4.78, 5) is 29.2. The molecule has 2 unspecified atom stereocenters. The van der Waals surface area contributed by atoms with Crippen molar-refractivity contribution in [3.63, 3.8) is 0 Å². The molecule has 3 saturated heterocycles. The summed E-state index contributed by atoms with van der Waals surface area (Å²) in [5.41, 5.74) is -3.53. The summed E-state index contributed by atoms with van der Waals surface area (Å²) >= 11 is 0. The summed E-state index contributed by atoms with van der Waals surface area (Å²) in [5.74, 6) is -2.54. The predicted molar refractivity (Wildman–Crippen MR) is 95.6 cm³/mol. The zero-order valence-corrected chi connectivity index (χ0v) is 16.2. The number of imide groups is 1. The van der Waals surface area contributed by atoms with Crippen LogP contribution in [0.1, 0.15) is 30.9 Å². The number of carbonyl (C=O) groups is 2. The number of fused-ring (bicyclic) bond motifs is 5. The molecule has 3 aliphatic rings. The second kappa shape index (κ2) is 6.03. The van der Waals surface area contributed by atoms with Gasteiger partial charge < -0.3 is 9.64 Å². The Morgan fingerprint density at radius 3 is 2.48 bits per heavy atom. The van der Waals surface area contributed by atoms with Crippen LogP contribution in [-0.4, -0.2) is 48.6 Å². The van der Waals surface area contributed by atoms with Crippen molar-refractivity contribution in [2.24, 2.45) is 11.8 Å². The van der Waals surface area contributed by atoms with E-state index in [1.54, 1.807) is 6.92 Å². The zero-order chi connectivity index (χ0) is 21.4. The molecule has 0 spiro atoms. The van der Waals surface area contributed by atoms with Crippen molar-refractivity contribution in [3.8, 4) is 6.07 Å². The first kappa shape index (κ1) is 19.9. The molecule has 4 rings (SSSR count). The largest absolute Gasteiger partial charge is 0.417 e. The molecule has 3 fully saturated rings. The lowest BCUT2D eigenvalue weighted by Crippen LogP contribution is -2.48. The SMILES string of the molecule is CN(C)CC12CCC(C)(O1)[C@H]1C(=O)N(c3ccc(C#N)c(C(F)(F)F)c3)C(=O)[C@H]12. The Kier molecular flexibility index (Phi) is 4.13. The van der Waals surface area contributed by atoms with E-state index in [1.165, 1.54) is 12.1 Å². The molecule has 9 heteroatoms. The van der Waals surface area contributed by atoms with Gasteiger partial charge in [-0.3, -0.25) is 9.59 Å². The maximum atomic E-state index is 13.4. The summed E-state index contributed by atoms with van der Waals surface area (Å²) in [6, 6.07) is 4.43. The van der Waals surface area contributed by atoms with Crippen LogP contribution in [0, 0.1) is 23.2 Å². The van der Waals surface area contributed by atoms with Crippen LogP contribution in [0.4, 0.5) is 18.9 Å². The standard InChI is InChI=1S/C20H20F3N3O3/c1-18-6-7-19(29-18,10-25(2)3)15-14(18)16(27)26(17(15)28)12-5-4-11(9-24)13(8-12)20(21,22)23/h4-5,8,14-15H,6-7,10H2,1-3H3/t14-,15+,18?,19?/m1/s1. The molecule has 6 nitrogen and oxygen atoms in total. The lowest BCUT2D eigenvalue weighted by atomic mass is 9.68. The van der Waals surface area contributed by atoms with Crippen molar-refractivity contribution in [1.29, 1.82) is 5.26 Å². The van der Waals surface area contributed by atoms with Crippen LogP contribution < -0.4 is 4.90 Å². The fourth-order valence-corrected chi connectivity index (χ4v) is 5.28. The maximum absolute atomic E-state index is 13.4. The Labute approximate surface area is 165 Å². The van der Waals surface area contributed by atoms with Crippen LogP contribution >= 0.6 is 0 Å². The van der Waals surface area contributed by atoms with Crippen LogP contribution in [0.15, 0.2) is 18.2 Å². The van der Waals surface area contributed by atoms with Gasteiger partial charge in [-0.1, -0.05) is 0 Å². The predicted octanol–water partition coefficient (Wildman–Crippen LogP) is 2.57. The number of nitrogens with zero attached hydrogens (tertiary/aromatic N) is 3. The number of halogens is 3. The topological polar surface area (TPSA) is 73.6 Å². The Balaban J connectivity index is 1.79. The molecular formula is C20H20F3N3O3. The molecule has 2 amide bonds. The van der Waals surface area contributed by atoms with E-state index in [1.807, 2.05) is 19.0 Å². The van der Waals surface area contributed by atoms with Gasteiger partial charge in [0.15, 0.2) is 0 Å². The number of benzene rings is 1. The minimum Gasteiger partial charge on any atom is -0.366 e. The molecule has 0 N–H and O–H groups in total. The lowest BCUT2D eigenvalue weighted by molar-refractivity contribution is -0.138. The van der Waals surface area contributed by atoms with E-state index < -0.39 is 52.2 Å². The van der Waals surface area contributed by atoms with Gasteiger partial charge in [0.1, 0.15) is 0 Å². The summed E-state index contributed by atoms with van der Waals surface area (Å²) in [6.45, 7) is 2.24. The first-order valence-corrected chi connectivity index (χ1v) is 9.28. The minimum atomic E-state index is -4.77. The van der Waals surface area contributed by atoms with Gasteiger partial charge in [-0.2, -0.15) is 18.4 Å². The van der Waals surface area contributed by atoms with Crippen LogP contribution in [0.25, 0.3) is 0 Å². The molecule has 4 atom stereocenters. The third-order valence-electron chi connectivity index (χ3n) is 6.28. The fraction of sp³-hybridized carbons (Fsp3) is 0.550. The van der Waals surface area contributed by atoms with Crippen molar-refractivity contribution >= 4 is 17.5 Å². The van der Waals surface area contributed by atoms with Crippen molar-refractivity contribution in [1.82, 2.24) is 4.90 Å². The Morgan fingerprint density at radius 1 is 1.24 bits per heavy atom. The lowest BCUT2D eigenvalue weighted by Gasteiger charge is -2.33. The van der Waals surface area contributed by atoms with Gasteiger partial charge in [0.2, 0.25) is 11.8 Å². The molecule has 2 bridgehead atoms. The highest BCUT2D eigenvalue weighted by Gasteiger charge is 2.74. The van der Waals surface area contributed by atoms with Gasteiger partial charge in [-0.05, 0) is 52.1 Å². The molecule has 0 aliphatic carbocycles. The average Bonchev–Trinajstić information content (AvgIpc) is 3.18. The highest BCUT2D eigenvalue weighted by molar-refractivity contribution is 6.23. The van der Waals surface area contributed by atoms with Gasteiger partial charge >= 0.3 is 6.18 Å². The van der Waals surface area contributed by atoms with Crippen molar-refractivity contribution in [3.05, 3.63) is 29.3 Å². The highest BCUT2D eigenvalue weighted by atomic mass is 19.4. The molecule has 0 radical (unpaired) electrons. The molecular weight excluding hydrogens is 387 g/mol. The number of anilines is 1. The number of alkyl halides is 3. The maximum Gasteiger partial charge on any atom is 0.417 e. The average molecular weight is 407 g/mol. The van der Waals surface area contributed by atoms with E-state index in [2.05, 4.69) is 0 Å². The molecule has 3 heterocycles.